The number of carbonyl (C=O) groups excluding carboxylic acids is 1. The van der Waals surface area contributed by atoms with Gasteiger partial charge in [-0.05, 0) is 37.3 Å². The molecule has 0 unspecified atom stereocenters. The van der Waals surface area contributed by atoms with Crippen molar-refractivity contribution in [1.29, 1.82) is 0 Å². The molecule has 1 amide bonds. The summed E-state index contributed by atoms with van der Waals surface area (Å²) in [5.41, 5.74) is 1.78. The van der Waals surface area contributed by atoms with Crippen LogP contribution in [0.3, 0.4) is 0 Å². The van der Waals surface area contributed by atoms with Crippen LogP contribution in [0, 0.1) is 12.7 Å². The van der Waals surface area contributed by atoms with Gasteiger partial charge >= 0.3 is 0 Å². The summed E-state index contributed by atoms with van der Waals surface area (Å²) in [6.45, 7) is 1.70. The molecule has 0 atom stereocenters. The number of nitrogens with zero attached hydrogens (tertiary/aromatic N) is 2. The van der Waals surface area contributed by atoms with E-state index in [1.165, 1.54) is 35.6 Å². The first-order valence-corrected chi connectivity index (χ1v) is 7.99. The van der Waals surface area contributed by atoms with Gasteiger partial charge in [0.05, 0.1) is 10.6 Å². The molecule has 7 heteroatoms. The number of thiazole rings is 1. The van der Waals surface area contributed by atoms with Crippen molar-refractivity contribution in [3.8, 4) is 16.2 Å². The average molecular weight is 343 g/mol. The molecule has 24 heavy (non-hydrogen) atoms. The number of aromatic nitrogens is 2. The Labute approximate surface area is 142 Å². The van der Waals surface area contributed by atoms with Gasteiger partial charge in [-0.3, -0.25) is 15.1 Å². The van der Waals surface area contributed by atoms with Gasteiger partial charge in [0, 0.05) is 18.0 Å². The molecular formula is C17H14FN3O2S. The van der Waals surface area contributed by atoms with E-state index in [0.717, 1.165) is 16.1 Å². The van der Waals surface area contributed by atoms with E-state index >= 15 is 0 Å². The summed E-state index contributed by atoms with van der Waals surface area (Å²) < 4.78 is 18.1. The minimum atomic E-state index is -0.354. The summed E-state index contributed by atoms with van der Waals surface area (Å²) in [5.74, 6) is -0.253. The second-order valence-electron chi connectivity index (χ2n) is 4.97. The predicted octanol–water partition coefficient (Wildman–Crippen LogP) is 3.67. The molecule has 2 heterocycles. The lowest BCUT2D eigenvalue weighted by molar-refractivity contribution is -0.118. The summed E-state index contributed by atoms with van der Waals surface area (Å²) in [6.07, 6.45) is 3.46. The second kappa shape index (κ2) is 7.18. The van der Waals surface area contributed by atoms with E-state index in [2.05, 4.69) is 15.3 Å². The molecule has 0 aliphatic heterocycles. The third kappa shape index (κ3) is 3.94. The fourth-order valence-electron chi connectivity index (χ4n) is 2.05. The first-order chi connectivity index (χ1) is 11.6. The van der Waals surface area contributed by atoms with Crippen molar-refractivity contribution >= 4 is 22.4 Å². The lowest BCUT2D eigenvalue weighted by Gasteiger charge is -2.05. The van der Waals surface area contributed by atoms with Crippen LogP contribution in [0.25, 0.3) is 10.4 Å². The molecule has 1 aromatic carbocycles. The van der Waals surface area contributed by atoms with Crippen molar-refractivity contribution < 1.29 is 13.9 Å². The second-order valence-corrected chi connectivity index (χ2v) is 5.97. The minimum absolute atomic E-state index is 0.174. The maximum atomic E-state index is 12.8. The van der Waals surface area contributed by atoms with Crippen LogP contribution in [0.5, 0.6) is 5.75 Å². The van der Waals surface area contributed by atoms with Gasteiger partial charge in [0.1, 0.15) is 11.6 Å². The minimum Gasteiger partial charge on any atom is -0.484 e. The van der Waals surface area contributed by atoms with Crippen LogP contribution < -0.4 is 10.1 Å². The molecule has 5 nitrogen and oxygen atoms in total. The Morgan fingerprint density at radius 1 is 1.29 bits per heavy atom. The summed E-state index contributed by atoms with van der Waals surface area (Å²) in [5, 5.41) is 3.20. The van der Waals surface area contributed by atoms with Gasteiger partial charge in [0.2, 0.25) is 0 Å². The zero-order valence-corrected chi connectivity index (χ0v) is 13.6. The molecule has 3 rings (SSSR count). The number of aryl methyl sites for hydroxylation is 1. The third-order valence-corrected chi connectivity index (χ3v) is 4.27. The molecule has 2 aromatic heterocycles. The number of amides is 1. The van der Waals surface area contributed by atoms with Crippen LogP contribution >= 0.6 is 11.3 Å². The maximum absolute atomic E-state index is 12.8. The highest BCUT2D eigenvalue weighted by atomic mass is 32.1. The fourth-order valence-corrected chi connectivity index (χ4v) is 3.02. The zero-order valence-electron chi connectivity index (χ0n) is 12.8. The molecular weight excluding hydrogens is 329 g/mol. The number of ether oxygens (including phenoxy) is 1. The Balaban J connectivity index is 1.61. The quantitative estimate of drug-likeness (QED) is 0.768. The van der Waals surface area contributed by atoms with E-state index in [0.29, 0.717) is 10.9 Å². The van der Waals surface area contributed by atoms with Gasteiger partial charge in [-0.25, -0.2) is 9.37 Å². The number of benzene rings is 1. The van der Waals surface area contributed by atoms with Gasteiger partial charge < -0.3 is 4.74 Å². The van der Waals surface area contributed by atoms with Crippen LogP contribution in [-0.2, 0) is 4.79 Å². The smallest absolute Gasteiger partial charge is 0.264 e. The molecule has 0 radical (unpaired) electrons. The SMILES string of the molecule is Cc1nc(NC(=O)COc2ccc(F)cc2)sc1-c1cccnc1. The number of anilines is 1. The number of hydrogen-bond donors (Lipinski definition) is 1. The zero-order chi connectivity index (χ0) is 16.9. The fraction of sp³-hybridized carbons (Fsp3) is 0.118. The Kier molecular flexibility index (Phi) is 4.81. The Bertz CT molecular complexity index is 835. The van der Waals surface area contributed by atoms with Crippen LogP contribution in [0.4, 0.5) is 9.52 Å². The normalized spacial score (nSPS) is 10.4. The van der Waals surface area contributed by atoms with E-state index in [1.54, 1.807) is 12.4 Å². The van der Waals surface area contributed by atoms with E-state index in [-0.39, 0.29) is 18.3 Å². The Hall–Kier alpha value is -2.80. The first kappa shape index (κ1) is 16.1. The molecule has 0 saturated carbocycles. The summed E-state index contributed by atoms with van der Waals surface area (Å²) in [6, 6.07) is 9.28. The van der Waals surface area contributed by atoms with Gasteiger partial charge in [0.15, 0.2) is 11.7 Å². The van der Waals surface area contributed by atoms with Crippen molar-refractivity contribution in [2.75, 3.05) is 11.9 Å². The monoisotopic (exact) mass is 343 g/mol. The van der Waals surface area contributed by atoms with Gasteiger partial charge in [-0.1, -0.05) is 17.4 Å². The number of nitrogens with one attached hydrogen (secondary N) is 1. The van der Waals surface area contributed by atoms with Crippen molar-refractivity contribution in [2.45, 2.75) is 6.92 Å². The predicted molar refractivity (Wildman–Crippen MR) is 90.6 cm³/mol. The molecule has 0 saturated heterocycles. The number of pyridine rings is 1. The average Bonchev–Trinajstić information content (AvgIpc) is 2.95. The molecule has 0 spiro atoms. The first-order valence-electron chi connectivity index (χ1n) is 7.18. The Morgan fingerprint density at radius 3 is 2.79 bits per heavy atom. The van der Waals surface area contributed by atoms with Crippen molar-refractivity contribution in [3.05, 3.63) is 60.3 Å². The lowest BCUT2D eigenvalue weighted by Crippen LogP contribution is -2.20. The third-order valence-electron chi connectivity index (χ3n) is 3.15. The van der Waals surface area contributed by atoms with E-state index in [9.17, 15) is 9.18 Å². The van der Waals surface area contributed by atoms with Crippen molar-refractivity contribution in [3.63, 3.8) is 0 Å². The lowest BCUT2D eigenvalue weighted by atomic mass is 10.2. The molecule has 1 N–H and O–H groups in total. The number of halogens is 1. The molecule has 0 bridgehead atoms. The van der Waals surface area contributed by atoms with Crippen molar-refractivity contribution in [2.24, 2.45) is 0 Å². The van der Waals surface area contributed by atoms with Crippen LogP contribution in [0.15, 0.2) is 48.8 Å². The number of hydrogen-bond acceptors (Lipinski definition) is 5. The largest absolute Gasteiger partial charge is 0.484 e. The number of carbonyl (C=O) groups is 1. The standard InChI is InChI=1S/C17H14FN3O2S/c1-11-16(12-3-2-8-19-9-12)24-17(20-11)21-15(22)10-23-14-6-4-13(18)5-7-14/h2-9H,10H2,1H3,(H,20,21,22). The summed E-state index contributed by atoms with van der Waals surface area (Å²) in [7, 11) is 0. The van der Waals surface area contributed by atoms with Gasteiger partial charge in [0.25, 0.3) is 5.91 Å². The molecule has 3 aromatic rings. The molecule has 0 aliphatic carbocycles. The van der Waals surface area contributed by atoms with Crippen LogP contribution in [0.2, 0.25) is 0 Å². The summed E-state index contributed by atoms with van der Waals surface area (Å²) >= 11 is 1.38. The van der Waals surface area contributed by atoms with E-state index in [4.69, 9.17) is 4.74 Å². The molecule has 0 aliphatic rings. The maximum Gasteiger partial charge on any atom is 0.264 e. The van der Waals surface area contributed by atoms with E-state index in [1.807, 2.05) is 19.1 Å². The highest BCUT2D eigenvalue weighted by Gasteiger charge is 2.12. The highest BCUT2D eigenvalue weighted by Crippen LogP contribution is 2.32. The topological polar surface area (TPSA) is 64.1 Å². The molecule has 122 valence electrons. The number of rotatable bonds is 5. The molecule has 0 fully saturated rings. The van der Waals surface area contributed by atoms with E-state index < -0.39 is 0 Å². The summed E-state index contributed by atoms with van der Waals surface area (Å²) in [4.78, 5) is 21.3. The van der Waals surface area contributed by atoms with Crippen molar-refractivity contribution in [1.82, 2.24) is 9.97 Å². The highest BCUT2D eigenvalue weighted by molar-refractivity contribution is 7.19. The van der Waals surface area contributed by atoms with Crippen LogP contribution in [-0.4, -0.2) is 22.5 Å². The Morgan fingerprint density at radius 2 is 2.08 bits per heavy atom. The van der Waals surface area contributed by atoms with Gasteiger partial charge in [-0.2, -0.15) is 0 Å². The van der Waals surface area contributed by atoms with Crippen LogP contribution in [0.1, 0.15) is 5.69 Å². The van der Waals surface area contributed by atoms with Gasteiger partial charge in [-0.15, -0.1) is 0 Å².